The van der Waals surface area contributed by atoms with Crippen LogP contribution in [0, 0.1) is 0 Å². The van der Waals surface area contributed by atoms with Gasteiger partial charge in [0.15, 0.2) is 0 Å². The molecule has 0 aromatic heterocycles. The van der Waals surface area contributed by atoms with Crippen LogP contribution in [0.3, 0.4) is 0 Å². The normalized spacial score (nSPS) is 12.8. The average molecular weight is 215 g/mol. The minimum absolute atomic E-state index is 0.288. The van der Waals surface area contributed by atoms with E-state index >= 15 is 0 Å². The largest absolute Gasteiger partial charge is 0.330 e. The van der Waals surface area contributed by atoms with Gasteiger partial charge in [0.05, 0.1) is 0 Å². The molecule has 0 radical (unpaired) electrons. The first-order valence-electron chi connectivity index (χ1n) is 5.97. The van der Waals surface area contributed by atoms with Crippen LogP contribution in [0.2, 0.25) is 0 Å². The van der Waals surface area contributed by atoms with E-state index in [0.717, 1.165) is 26.1 Å². The monoisotopic (exact) mass is 215 g/mol. The summed E-state index contributed by atoms with van der Waals surface area (Å²) in [5, 5.41) is 0. The summed E-state index contributed by atoms with van der Waals surface area (Å²) in [5.41, 5.74) is 5.76. The van der Waals surface area contributed by atoms with Gasteiger partial charge in [0.25, 0.3) is 0 Å². The Hall–Kier alpha value is -0.120. The zero-order valence-corrected chi connectivity index (χ0v) is 11.2. The van der Waals surface area contributed by atoms with E-state index in [4.69, 9.17) is 5.73 Å². The van der Waals surface area contributed by atoms with Crippen LogP contribution in [0.5, 0.6) is 0 Å². The van der Waals surface area contributed by atoms with Crippen LogP contribution in [0.1, 0.15) is 33.6 Å². The van der Waals surface area contributed by atoms with Crippen LogP contribution in [0.4, 0.5) is 0 Å². The molecule has 15 heavy (non-hydrogen) atoms. The van der Waals surface area contributed by atoms with Crippen molar-refractivity contribution in [2.45, 2.75) is 39.2 Å². The van der Waals surface area contributed by atoms with Crippen molar-refractivity contribution < 1.29 is 0 Å². The van der Waals surface area contributed by atoms with E-state index in [2.05, 4.69) is 44.7 Å². The van der Waals surface area contributed by atoms with E-state index in [1.807, 2.05) is 0 Å². The molecular weight excluding hydrogens is 186 g/mol. The fourth-order valence-electron chi connectivity index (χ4n) is 1.39. The highest BCUT2D eigenvalue weighted by atomic mass is 15.2. The van der Waals surface area contributed by atoms with E-state index in [-0.39, 0.29) is 5.54 Å². The Morgan fingerprint density at radius 1 is 0.933 bits per heavy atom. The maximum absolute atomic E-state index is 5.48. The Kier molecular flexibility index (Phi) is 7.14. The maximum Gasteiger partial charge on any atom is 0.0122 e. The molecule has 0 spiro atoms. The average Bonchev–Trinajstić information content (AvgIpc) is 2.13. The zero-order valence-electron chi connectivity index (χ0n) is 11.2. The van der Waals surface area contributed by atoms with Gasteiger partial charge in [-0.3, -0.25) is 0 Å². The molecule has 0 aliphatic rings. The molecule has 0 unspecified atom stereocenters. The molecule has 0 aromatic rings. The molecule has 3 heteroatoms. The van der Waals surface area contributed by atoms with Crippen molar-refractivity contribution in [3.63, 3.8) is 0 Å². The highest BCUT2D eigenvalue weighted by molar-refractivity contribution is 4.72. The maximum atomic E-state index is 5.48. The highest BCUT2D eigenvalue weighted by Crippen LogP contribution is 2.10. The van der Waals surface area contributed by atoms with Crippen molar-refractivity contribution in [2.24, 2.45) is 5.73 Å². The van der Waals surface area contributed by atoms with Gasteiger partial charge >= 0.3 is 0 Å². The van der Waals surface area contributed by atoms with Crippen molar-refractivity contribution in [2.75, 3.05) is 40.3 Å². The van der Waals surface area contributed by atoms with Gasteiger partial charge < -0.3 is 15.5 Å². The van der Waals surface area contributed by atoms with E-state index in [0.29, 0.717) is 0 Å². The van der Waals surface area contributed by atoms with Gasteiger partial charge in [0, 0.05) is 5.54 Å². The van der Waals surface area contributed by atoms with Crippen molar-refractivity contribution in [3.05, 3.63) is 0 Å². The lowest BCUT2D eigenvalue weighted by atomic mass is 10.1. The molecule has 92 valence electrons. The summed E-state index contributed by atoms with van der Waals surface area (Å²) >= 11 is 0. The molecule has 0 atom stereocenters. The van der Waals surface area contributed by atoms with Gasteiger partial charge in [0.2, 0.25) is 0 Å². The summed E-state index contributed by atoms with van der Waals surface area (Å²) in [7, 11) is 4.37. The first kappa shape index (κ1) is 14.9. The van der Waals surface area contributed by atoms with E-state index < -0.39 is 0 Å². The van der Waals surface area contributed by atoms with E-state index in [9.17, 15) is 0 Å². The zero-order chi connectivity index (χ0) is 11.9. The van der Waals surface area contributed by atoms with Gasteiger partial charge in [-0.05, 0) is 73.9 Å². The van der Waals surface area contributed by atoms with Crippen molar-refractivity contribution in [1.29, 1.82) is 0 Å². The minimum atomic E-state index is 0.288. The minimum Gasteiger partial charge on any atom is -0.330 e. The van der Waals surface area contributed by atoms with Gasteiger partial charge in [-0.1, -0.05) is 0 Å². The molecule has 3 nitrogen and oxygen atoms in total. The predicted molar refractivity (Wildman–Crippen MR) is 68.2 cm³/mol. The summed E-state index contributed by atoms with van der Waals surface area (Å²) in [5.74, 6) is 0. The quantitative estimate of drug-likeness (QED) is 0.696. The molecule has 0 heterocycles. The second kappa shape index (κ2) is 7.20. The summed E-state index contributed by atoms with van der Waals surface area (Å²) in [6, 6.07) is 0. The molecule has 0 aliphatic heterocycles. The smallest absolute Gasteiger partial charge is 0.0122 e. The number of nitrogens with two attached hydrogens (primary N) is 1. The van der Waals surface area contributed by atoms with Gasteiger partial charge in [-0.15, -0.1) is 0 Å². The third-order valence-electron chi connectivity index (χ3n) is 2.92. The van der Waals surface area contributed by atoms with Gasteiger partial charge in [-0.2, -0.15) is 0 Å². The first-order valence-corrected chi connectivity index (χ1v) is 5.97. The fourth-order valence-corrected chi connectivity index (χ4v) is 1.39. The van der Waals surface area contributed by atoms with Crippen LogP contribution in [0.15, 0.2) is 0 Å². The van der Waals surface area contributed by atoms with Crippen molar-refractivity contribution in [1.82, 2.24) is 9.80 Å². The van der Waals surface area contributed by atoms with Crippen molar-refractivity contribution >= 4 is 0 Å². The SMILES string of the molecule is CN(CCCN)CCCN(C)C(C)(C)C. The lowest BCUT2D eigenvalue weighted by Crippen LogP contribution is -2.39. The van der Waals surface area contributed by atoms with Crippen molar-refractivity contribution in [3.8, 4) is 0 Å². The summed E-state index contributed by atoms with van der Waals surface area (Å²) in [6.45, 7) is 11.0. The molecule has 0 saturated carbocycles. The molecule has 2 N–H and O–H groups in total. The topological polar surface area (TPSA) is 32.5 Å². The summed E-state index contributed by atoms with van der Waals surface area (Å²) < 4.78 is 0. The van der Waals surface area contributed by atoms with Crippen LogP contribution >= 0.6 is 0 Å². The summed E-state index contributed by atoms with van der Waals surface area (Å²) in [4.78, 5) is 4.77. The Bertz CT molecular complexity index is 151. The predicted octanol–water partition coefficient (Wildman–Crippen LogP) is 1.39. The highest BCUT2D eigenvalue weighted by Gasteiger charge is 2.15. The van der Waals surface area contributed by atoms with Gasteiger partial charge in [-0.25, -0.2) is 0 Å². The van der Waals surface area contributed by atoms with E-state index in [1.54, 1.807) is 0 Å². The van der Waals surface area contributed by atoms with E-state index in [1.165, 1.54) is 13.0 Å². The summed E-state index contributed by atoms with van der Waals surface area (Å²) in [6.07, 6.45) is 2.33. The number of nitrogens with zero attached hydrogens (tertiary/aromatic N) is 2. The van der Waals surface area contributed by atoms with Crippen LogP contribution < -0.4 is 5.73 Å². The lowest BCUT2D eigenvalue weighted by Gasteiger charge is -2.32. The molecule has 0 aromatic carbocycles. The van der Waals surface area contributed by atoms with Crippen LogP contribution in [-0.2, 0) is 0 Å². The Morgan fingerprint density at radius 2 is 1.47 bits per heavy atom. The van der Waals surface area contributed by atoms with Gasteiger partial charge in [0.1, 0.15) is 0 Å². The number of rotatable bonds is 7. The molecule has 0 rings (SSSR count). The lowest BCUT2D eigenvalue weighted by molar-refractivity contribution is 0.165. The van der Waals surface area contributed by atoms with Crippen LogP contribution in [-0.4, -0.2) is 55.6 Å². The third kappa shape index (κ3) is 7.77. The molecular formula is C12H29N3. The molecule has 0 bridgehead atoms. The Morgan fingerprint density at radius 3 is 1.93 bits per heavy atom. The number of hydrogen-bond acceptors (Lipinski definition) is 3. The van der Waals surface area contributed by atoms with Crippen LogP contribution in [0.25, 0.3) is 0 Å². The molecule has 0 saturated heterocycles. The first-order chi connectivity index (χ1) is 6.88. The fraction of sp³-hybridized carbons (Fsp3) is 1.00. The molecule has 0 fully saturated rings. The standard InChI is InChI=1S/C12H29N3/c1-12(2,3)15(5)11-7-10-14(4)9-6-8-13/h6-11,13H2,1-5H3. The second-order valence-electron chi connectivity index (χ2n) is 5.39. The molecule has 0 aliphatic carbocycles. The third-order valence-corrected chi connectivity index (χ3v) is 2.92. The Labute approximate surface area is 95.6 Å². The second-order valence-corrected chi connectivity index (χ2v) is 5.39. The number of hydrogen-bond donors (Lipinski definition) is 1. The Balaban J connectivity index is 3.52. The molecule has 0 amide bonds.